The molecule has 166 valence electrons. The first-order chi connectivity index (χ1) is 15.5. The standard InChI is InChI=1S/C25H27N3O4/c26-24(29)19-5-1-2-6-20(19)25(30)28(31)18-11-9-17(10-12-18)14-16-32-23-13-15-27-22-8-4-3-7-21(22)23/h3-4,7-13,15,19-20,31H,1-2,5-6,14,16H2,(H2,26,29). The molecular formula is C25H27N3O4. The third-order valence-corrected chi connectivity index (χ3v) is 6.10. The number of nitrogens with zero attached hydrogens (tertiary/aromatic N) is 2. The van der Waals surface area contributed by atoms with Crippen molar-refractivity contribution in [3.8, 4) is 5.75 Å². The van der Waals surface area contributed by atoms with Crippen LogP contribution in [0.1, 0.15) is 31.2 Å². The molecule has 0 bridgehead atoms. The summed E-state index contributed by atoms with van der Waals surface area (Å²) in [5.74, 6) is -1.26. The van der Waals surface area contributed by atoms with Gasteiger partial charge in [0.1, 0.15) is 5.75 Å². The Morgan fingerprint density at radius 2 is 1.75 bits per heavy atom. The molecule has 1 saturated carbocycles. The van der Waals surface area contributed by atoms with E-state index in [1.165, 1.54) is 0 Å². The third-order valence-electron chi connectivity index (χ3n) is 6.10. The zero-order valence-electron chi connectivity index (χ0n) is 17.8. The summed E-state index contributed by atoms with van der Waals surface area (Å²) in [6, 6.07) is 16.8. The molecule has 7 heteroatoms. The van der Waals surface area contributed by atoms with Crippen LogP contribution in [-0.2, 0) is 16.0 Å². The van der Waals surface area contributed by atoms with E-state index >= 15 is 0 Å². The number of primary amides is 1. The Labute approximate surface area is 186 Å². The number of hydrogen-bond donors (Lipinski definition) is 2. The smallest absolute Gasteiger partial charge is 0.254 e. The zero-order valence-corrected chi connectivity index (χ0v) is 17.8. The lowest BCUT2D eigenvalue weighted by atomic mass is 9.78. The number of ether oxygens (including phenoxy) is 1. The Morgan fingerprint density at radius 3 is 2.50 bits per heavy atom. The summed E-state index contributed by atoms with van der Waals surface area (Å²) in [6.45, 7) is 0.484. The van der Waals surface area contributed by atoms with Crippen LogP contribution < -0.4 is 15.5 Å². The van der Waals surface area contributed by atoms with E-state index in [-0.39, 0.29) is 0 Å². The number of hydroxylamine groups is 1. The lowest BCUT2D eigenvalue weighted by Gasteiger charge is -2.30. The van der Waals surface area contributed by atoms with Gasteiger partial charge in [-0.1, -0.05) is 37.1 Å². The van der Waals surface area contributed by atoms with Gasteiger partial charge in [0, 0.05) is 23.9 Å². The lowest BCUT2D eigenvalue weighted by Crippen LogP contribution is -2.43. The van der Waals surface area contributed by atoms with E-state index in [1.807, 2.05) is 42.5 Å². The molecule has 2 atom stereocenters. The number of carbonyl (C=O) groups excluding carboxylic acids is 2. The summed E-state index contributed by atoms with van der Waals surface area (Å²) in [5, 5.41) is 12.1. The molecule has 3 aromatic rings. The molecule has 7 nitrogen and oxygen atoms in total. The van der Waals surface area contributed by atoms with E-state index < -0.39 is 23.7 Å². The van der Waals surface area contributed by atoms with Gasteiger partial charge in [-0.3, -0.25) is 19.8 Å². The van der Waals surface area contributed by atoms with E-state index in [0.29, 0.717) is 36.6 Å². The topological polar surface area (TPSA) is 106 Å². The van der Waals surface area contributed by atoms with Crippen molar-refractivity contribution < 1.29 is 19.5 Å². The predicted molar refractivity (Wildman–Crippen MR) is 121 cm³/mol. The molecule has 1 fully saturated rings. The van der Waals surface area contributed by atoms with E-state index in [9.17, 15) is 14.8 Å². The highest BCUT2D eigenvalue weighted by Gasteiger charge is 2.37. The average molecular weight is 434 g/mol. The molecule has 2 unspecified atom stereocenters. The highest BCUT2D eigenvalue weighted by molar-refractivity contribution is 5.96. The Morgan fingerprint density at radius 1 is 1.03 bits per heavy atom. The maximum atomic E-state index is 12.8. The van der Waals surface area contributed by atoms with Crippen molar-refractivity contribution in [3.05, 3.63) is 66.4 Å². The van der Waals surface area contributed by atoms with Crippen molar-refractivity contribution in [2.75, 3.05) is 11.7 Å². The average Bonchev–Trinajstić information content (AvgIpc) is 2.83. The largest absolute Gasteiger partial charge is 0.492 e. The first-order valence-electron chi connectivity index (χ1n) is 10.9. The van der Waals surface area contributed by atoms with E-state index in [2.05, 4.69) is 4.98 Å². The minimum Gasteiger partial charge on any atom is -0.492 e. The van der Waals surface area contributed by atoms with E-state index in [1.54, 1.807) is 18.3 Å². The van der Waals surface area contributed by atoms with Gasteiger partial charge in [0.05, 0.1) is 23.7 Å². The van der Waals surface area contributed by atoms with Gasteiger partial charge < -0.3 is 10.5 Å². The van der Waals surface area contributed by atoms with Crippen LogP contribution in [0.5, 0.6) is 5.75 Å². The van der Waals surface area contributed by atoms with Gasteiger partial charge >= 0.3 is 0 Å². The van der Waals surface area contributed by atoms with Crippen molar-refractivity contribution in [1.82, 2.24) is 4.98 Å². The summed E-state index contributed by atoms with van der Waals surface area (Å²) >= 11 is 0. The summed E-state index contributed by atoms with van der Waals surface area (Å²) < 4.78 is 5.95. The zero-order chi connectivity index (χ0) is 22.5. The number of amides is 2. The fraction of sp³-hybridized carbons (Fsp3) is 0.320. The summed E-state index contributed by atoms with van der Waals surface area (Å²) in [7, 11) is 0. The van der Waals surface area contributed by atoms with Gasteiger partial charge in [0.2, 0.25) is 5.91 Å². The van der Waals surface area contributed by atoms with Gasteiger partial charge in [-0.15, -0.1) is 0 Å². The van der Waals surface area contributed by atoms with Crippen LogP contribution >= 0.6 is 0 Å². The lowest BCUT2D eigenvalue weighted by molar-refractivity contribution is -0.136. The summed E-state index contributed by atoms with van der Waals surface area (Å²) in [4.78, 5) is 28.8. The Hall–Kier alpha value is -3.45. The third kappa shape index (κ3) is 4.73. The SMILES string of the molecule is NC(=O)C1CCCCC1C(=O)N(O)c1ccc(CCOc2ccnc3ccccc23)cc1. The molecule has 0 spiro atoms. The molecule has 1 aromatic heterocycles. The molecule has 1 aliphatic rings. The number of anilines is 1. The van der Waals surface area contributed by atoms with Crippen molar-refractivity contribution in [3.63, 3.8) is 0 Å². The number of carbonyl (C=O) groups is 2. The number of rotatable bonds is 7. The number of fused-ring (bicyclic) bond motifs is 1. The van der Waals surface area contributed by atoms with Crippen molar-refractivity contribution in [1.29, 1.82) is 0 Å². The summed E-state index contributed by atoms with van der Waals surface area (Å²) in [6.07, 6.45) is 5.26. The molecule has 0 aliphatic heterocycles. The van der Waals surface area contributed by atoms with Gasteiger partial charge in [-0.25, -0.2) is 0 Å². The van der Waals surface area contributed by atoms with Crippen molar-refractivity contribution in [2.24, 2.45) is 17.6 Å². The Kier molecular flexibility index (Phi) is 6.66. The number of pyridine rings is 1. The molecule has 4 rings (SSSR count). The molecule has 32 heavy (non-hydrogen) atoms. The minimum absolute atomic E-state index is 0.369. The Bertz CT molecular complexity index is 1090. The first-order valence-corrected chi connectivity index (χ1v) is 10.9. The monoisotopic (exact) mass is 433 g/mol. The maximum absolute atomic E-state index is 12.8. The molecule has 0 radical (unpaired) electrons. The number of nitrogens with two attached hydrogens (primary N) is 1. The van der Waals surface area contributed by atoms with Crippen LogP contribution in [0.4, 0.5) is 5.69 Å². The van der Waals surface area contributed by atoms with Crippen LogP contribution in [0.3, 0.4) is 0 Å². The molecule has 1 heterocycles. The molecule has 0 saturated heterocycles. The minimum atomic E-state index is -0.575. The highest BCUT2D eigenvalue weighted by Crippen LogP contribution is 2.32. The Balaban J connectivity index is 1.36. The quantitative estimate of drug-likeness (QED) is 0.435. The van der Waals surface area contributed by atoms with E-state index in [4.69, 9.17) is 10.5 Å². The number of para-hydroxylation sites is 1. The molecular weight excluding hydrogens is 406 g/mol. The summed E-state index contributed by atoms with van der Waals surface area (Å²) in [5.41, 5.74) is 7.74. The predicted octanol–water partition coefficient (Wildman–Crippen LogP) is 3.87. The molecule has 2 amide bonds. The van der Waals surface area contributed by atoms with Crippen LogP contribution in [0, 0.1) is 11.8 Å². The van der Waals surface area contributed by atoms with Gasteiger partial charge in [0.25, 0.3) is 5.91 Å². The fourth-order valence-electron chi connectivity index (χ4n) is 4.33. The van der Waals surface area contributed by atoms with Crippen LogP contribution in [0.25, 0.3) is 10.9 Å². The molecule has 2 aromatic carbocycles. The first kappa shape index (κ1) is 21.8. The number of benzene rings is 2. The van der Waals surface area contributed by atoms with Crippen LogP contribution in [0.15, 0.2) is 60.8 Å². The normalized spacial score (nSPS) is 18.3. The second-order valence-corrected chi connectivity index (χ2v) is 8.14. The maximum Gasteiger partial charge on any atom is 0.254 e. The van der Waals surface area contributed by atoms with Crippen LogP contribution in [-0.4, -0.2) is 28.6 Å². The van der Waals surface area contributed by atoms with E-state index in [0.717, 1.165) is 35.1 Å². The van der Waals surface area contributed by atoms with Gasteiger partial charge in [-0.05, 0) is 48.7 Å². The fourth-order valence-corrected chi connectivity index (χ4v) is 4.33. The molecule has 3 N–H and O–H groups in total. The number of aromatic nitrogens is 1. The van der Waals surface area contributed by atoms with Gasteiger partial charge in [0.15, 0.2) is 0 Å². The van der Waals surface area contributed by atoms with Crippen molar-refractivity contribution >= 4 is 28.4 Å². The van der Waals surface area contributed by atoms with Crippen molar-refractivity contribution in [2.45, 2.75) is 32.1 Å². The molecule has 1 aliphatic carbocycles. The number of hydrogen-bond acceptors (Lipinski definition) is 5. The second-order valence-electron chi connectivity index (χ2n) is 8.14. The highest BCUT2D eigenvalue weighted by atomic mass is 16.5. The van der Waals surface area contributed by atoms with Gasteiger partial charge in [-0.2, -0.15) is 5.06 Å². The second kappa shape index (κ2) is 9.78. The van der Waals surface area contributed by atoms with Crippen LogP contribution in [0.2, 0.25) is 0 Å².